The van der Waals surface area contributed by atoms with E-state index in [1.54, 1.807) is 30.3 Å². The normalized spacial score (nSPS) is 10.5. The van der Waals surface area contributed by atoms with Crippen LogP contribution in [-0.4, -0.2) is 17.9 Å². The first-order chi connectivity index (χ1) is 11.3. The minimum absolute atomic E-state index is 0.0729. The third-order valence-electron chi connectivity index (χ3n) is 3.66. The largest absolute Gasteiger partial charge is 0.399 e. The fourth-order valence-electron chi connectivity index (χ4n) is 2.36. The zero-order valence-corrected chi connectivity index (χ0v) is 14.4. The molecule has 0 fully saturated rings. The van der Waals surface area contributed by atoms with Crippen LogP contribution in [0.3, 0.4) is 0 Å². The fourth-order valence-corrected chi connectivity index (χ4v) is 2.36. The number of carbonyl (C=O) groups excluding carboxylic acids is 2. The molecule has 0 unspecified atom stereocenters. The van der Waals surface area contributed by atoms with Crippen molar-refractivity contribution in [1.29, 1.82) is 0 Å². The van der Waals surface area contributed by atoms with E-state index in [0.717, 1.165) is 11.1 Å². The van der Waals surface area contributed by atoms with Crippen LogP contribution < -0.4 is 16.4 Å². The highest BCUT2D eigenvalue weighted by atomic mass is 16.2. The Labute approximate surface area is 142 Å². The summed E-state index contributed by atoms with van der Waals surface area (Å²) in [6, 6.07) is 10.5. The summed E-state index contributed by atoms with van der Waals surface area (Å²) in [5.41, 5.74) is 9.75. The second-order valence-electron chi connectivity index (χ2n) is 6.19. The summed E-state index contributed by atoms with van der Waals surface area (Å²) in [5, 5.41) is 5.72. The zero-order valence-electron chi connectivity index (χ0n) is 14.4. The second kappa shape index (κ2) is 7.17. The van der Waals surface area contributed by atoms with E-state index in [4.69, 9.17) is 5.73 Å². The second-order valence-corrected chi connectivity index (χ2v) is 6.19. The van der Waals surface area contributed by atoms with E-state index < -0.39 is 0 Å². The summed E-state index contributed by atoms with van der Waals surface area (Å²) >= 11 is 0. The number of amides is 2. The van der Waals surface area contributed by atoms with Gasteiger partial charge in [-0.1, -0.05) is 6.07 Å². The van der Waals surface area contributed by atoms with Gasteiger partial charge >= 0.3 is 0 Å². The molecule has 24 heavy (non-hydrogen) atoms. The van der Waals surface area contributed by atoms with E-state index in [-0.39, 0.29) is 17.9 Å². The molecule has 2 rings (SSSR count). The Balaban J connectivity index is 2.20. The van der Waals surface area contributed by atoms with Crippen molar-refractivity contribution < 1.29 is 9.59 Å². The predicted octanol–water partition coefficient (Wildman–Crippen LogP) is 3.28. The molecule has 0 aliphatic rings. The molecular weight excluding hydrogens is 302 g/mol. The summed E-state index contributed by atoms with van der Waals surface area (Å²) in [6.45, 7) is 7.54. The molecule has 2 aromatic rings. The molecule has 0 saturated carbocycles. The van der Waals surface area contributed by atoms with Crippen LogP contribution in [0.1, 0.15) is 45.7 Å². The van der Waals surface area contributed by atoms with Crippen LogP contribution in [0.5, 0.6) is 0 Å². The molecule has 0 radical (unpaired) electrons. The lowest BCUT2D eigenvalue weighted by molar-refractivity contribution is 0.0942. The monoisotopic (exact) mass is 325 g/mol. The zero-order chi connectivity index (χ0) is 17.9. The number of carbonyl (C=O) groups is 2. The topological polar surface area (TPSA) is 84.2 Å². The standard InChI is InChI=1S/C19H23N3O2/c1-11(2)21-18(23)14-6-8-17(13(4)9-14)22-19(24)16-10-15(20)7-5-12(16)3/h5-11H,20H2,1-4H3,(H,21,23)(H,22,24). The van der Waals surface area contributed by atoms with Gasteiger partial charge in [0.25, 0.3) is 11.8 Å². The van der Waals surface area contributed by atoms with Gasteiger partial charge in [-0.15, -0.1) is 0 Å². The first-order valence-corrected chi connectivity index (χ1v) is 7.87. The number of nitrogen functional groups attached to an aromatic ring is 1. The van der Waals surface area contributed by atoms with Gasteiger partial charge in [-0.05, 0) is 69.2 Å². The Morgan fingerprint density at radius 2 is 1.67 bits per heavy atom. The van der Waals surface area contributed by atoms with Crippen LogP contribution in [0.25, 0.3) is 0 Å². The van der Waals surface area contributed by atoms with Gasteiger partial charge in [0.15, 0.2) is 0 Å². The van der Waals surface area contributed by atoms with Gasteiger partial charge in [0.1, 0.15) is 0 Å². The Morgan fingerprint density at radius 3 is 2.29 bits per heavy atom. The third-order valence-corrected chi connectivity index (χ3v) is 3.66. The van der Waals surface area contributed by atoms with Crippen molar-refractivity contribution in [3.05, 3.63) is 58.7 Å². The predicted molar refractivity (Wildman–Crippen MR) is 97.3 cm³/mol. The molecule has 0 aliphatic carbocycles. The summed E-state index contributed by atoms with van der Waals surface area (Å²) in [6.07, 6.45) is 0. The molecule has 4 N–H and O–H groups in total. The average Bonchev–Trinajstić information content (AvgIpc) is 2.50. The van der Waals surface area contributed by atoms with Crippen molar-refractivity contribution >= 4 is 23.2 Å². The maximum atomic E-state index is 12.5. The van der Waals surface area contributed by atoms with Gasteiger partial charge in [-0.3, -0.25) is 9.59 Å². The molecule has 5 heteroatoms. The number of nitrogens with two attached hydrogens (primary N) is 1. The summed E-state index contributed by atoms with van der Waals surface area (Å²) in [4.78, 5) is 24.5. The molecule has 0 heterocycles. The molecular formula is C19H23N3O2. The van der Waals surface area contributed by atoms with Crippen molar-refractivity contribution in [1.82, 2.24) is 5.32 Å². The minimum Gasteiger partial charge on any atom is -0.399 e. The molecule has 0 aliphatic heterocycles. The van der Waals surface area contributed by atoms with Crippen LogP contribution in [0.2, 0.25) is 0 Å². The van der Waals surface area contributed by atoms with Crippen molar-refractivity contribution in [3.8, 4) is 0 Å². The molecule has 0 bridgehead atoms. The van der Waals surface area contributed by atoms with Crippen molar-refractivity contribution in [2.45, 2.75) is 33.7 Å². The number of hydrogen-bond acceptors (Lipinski definition) is 3. The van der Waals surface area contributed by atoms with Crippen molar-refractivity contribution in [2.75, 3.05) is 11.1 Å². The molecule has 2 aromatic carbocycles. The van der Waals surface area contributed by atoms with Crippen LogP contribution in [-0.2, 0) is 0 Å². The van der Waals surface area contributed by atoms with Gasteiger partial charge in [-0.25, -0.2) is 0 Å². The van der Waals surface area contributed by atoms with Crippen molar-refractivity contribution in [2.24, 2.45) is 0 Å². The van der Waals surface area contributed by atoms with Crippen LogP contribution in [0, 0.1) is 13.8 Å². The average molecular weight is 325 g/mol. The van der Waals surface area contributed by atoms with Gasteiger partial charge < -0.3 is 16.4 Å². The number of anilines is 2. The summed E-state index contributed by atoms with van der Waals surface area (Å²) < 4.78 is 0. The number of benzene rings is 2. The van der Waals surface area contributed by atoms with Gasteiger partial charge in [0, 0.05) is 28.5 Å². The Kier molecular flexibility index (Phi) is 5.24. The highest BCUT2D eigenvalue weighted by Crippen LogP contribution is 2.20. The molecule has 0 saturated heterocycles. The lowest BCUT2D eigenvalue weighted by Gasteiger charge is -2.13. The van der Waals surface area contributed by atoms with Gasteiger partial charge in [-0.2, -0.15) is 0 Å². The van der Waals surface area contributed by atoms with Crippen LogP contribution >= 0.6 is 0 Å². The molecule has 2 amide bonds. The number of nitrogens with one attached hydrogen (secondary N) is 2. The SMILES string of the molecule is Cc1cc(C(=O)NC(C)C)ccc1NC(=O)c1cc(N)ccc1C. The van der Waals surface area contributed by atoms with E-state index in [1.807, 2.05) is 33.8 Å². The number of rotatable bonds is 4. The smallest absolute Gasteiger partial charge is 0.256 e. The molecule has 0 aromatic heterocycles. The highest BCUT2D eigenvalue weighted by molar-refractivity contribution is 6.06. The molecule has 5 nitrogen and oxygen atoms in total. The summed E-state index contributed by atoms with van der Waals surface area (Å²) in [7, 11) is 0. The molecule has 0 spiro atoms. The van der Waals surface area contributed by atoms with E-state index in [0.29, 0.717) is 22.5 Å². The number of aryl methyl sites for hydroxylation is 2. The van der Waals surface area contributed by atoms with E-state index in [9.17, 15) is 9.59 Å². The van der Waals surface area contributed by atoms with E-state index in [2.05, 4.69) is 10.6 Å². The van der Waals surface area contributed by atoms with E-state index in [1.165, 1.54) is 0 Å². The first kappa shape index (κ1) is 17.5. The first-order valence-electron chi connectivity index (χ1n) is 7.87. The Bertz CT molecular complexity index is 782. The Morgan fingerprint density at radius 1 is 0.958 bits per heavy atom. The van der Waals surface area contributed by atoms with E-state index >= 15 is 0 Å². The highest BCUT2D eigenvalue weighted by Gasteiger charge is 2.13. The van der Waals surface area contributed by atoms with Crippen LogP contribution in [0.4, 0.5) is 11.4 Å². The lowest BCUT2D eigenvalue weighted by Crippen LogP contribution is -2.30. The van der Waals surface area contributed by atoms with Crippen molar-refractivity contribution in [3.63, 3.8) is 0 Å². The maximum absolute atomic E-state index is 12.5. The maximum Gasteiger partial charge on any atom is 0.256 e. The quantitative estimate of drug-likeness (QED) is 0.754. The summed E-state index contributed by atoms with van der Waals surface area (Å²) in [5.74, 6) is -0.347. The third kappa shape index (κ3) is 4.13. The molecule has 0 atom stereocenters. The Hall–Kier alpha value is -2.82. The molecule has 126 valence electrons. The van der Waals surface area contributed by atoms with Crippen LogP contribution in [0.15, 0.2) is 36.4 Å². The van der Waals surface area contributed by atoms with Gasteiger partial charge in [0.05, 0.1) is 0 Å². The fraction of sp³-hybridized carbons (Fsp3) is 0.263. The van der Waals surface area contributed by atoms with Gasteiger partial charge in [0.2, 0.25) is 0 Å². The number of hydrogen-bond donors (Lipinski definition) is 3. The lowest BCUT2D eigenvalue weighted by atomic mass is 10.1. The minimum atomic E-state index is -0.220.